The minimum atomic E-state index is -4.04. The van der Waals surface area contributed by atoms with Crippen LogP contribution >= 0.6 is 0 Å². The molecule has 2 aliphatic rings. The lowest BCUT2D eigenvalue weighted by atomic mass is 10.0. The predicted molar refractivity (Wildman–Crippen MR) is 106 cm³/mol. The normalized spacial score (nSPS) is 21.6. The quantitative estimate of drug-likeness (QED) is 0.761. The van der Waals surface area contributed by atoms with Gasteiger partial charge in [-0.25, -0.2) is 4.31 Å². The van der Waals surface area contributed by atoms with E-state index in [0.29, 0.717) is 23.6 Å². The van der Waals surface area contributed by atoms with Crippen molar-refractivity contribution in [3.63, 3.8) is 0 Å². The van der Waals surface area contributed by atoms with Gasteiger partial charge in [-0.3, -0.25) is 4.79 Å². The fourth-order valence-corrected chi connectivity index (χ4v) is 4.34. The molecule has 0 aromatic heterocycles. The highest BCUT2D eigenvalue weighted by Crippen LogP contribution is 2.30. The van der Waals surface area contributed by atoms with Crippen LogP contribution in [0.15, 0.2) is 34.4 Å². The van der Waals surface area contributed by atoms with Gasteiger partial charge in [-0.2, -0.15) is 8.42 Å². The number of likely N-dealkylation sites (tertiary alicyclic amines) is 1. The topological polar surface area (TPSA) is 88.5 Å². The standard InChI is InChI=1S/C19H25N3O5S/c1-13-7-5-6-10-22(13)19(23)17-12-16(20-28(24,25)21(17)2)15-11-14(26-3)8-9-18(15)27-4/h8-9,11-13H,5-7,10H2,1-4H3. The molecule has 1 aromatic carbocycles. The number of nitrogens with zero attached hydrogens (tertiary/aromatic N) is 3. The minimum absolute atomic E-state index is 0.0620. The van der Waals surface area contributed by atoms with Crippen molar-refractivity contribution in [3.8, 4) is 11.5 Å². The number of rotatable bonds is 4. The first-order valence-electron chi connectivity index (χ1n) is 9.12. The molecule has 0 spiro atoms. The van der Waals surface area contributed by atoms with Crippen molar-refractivity contribution in [2.45, 2.75) is 32.2 Å². The second-order valence-corrected chi connectivity index (χ2v) is 8.49. The van der Waals surface area contributed by atoms with Crippen molar-refractivity contribution in [1.29, 1.82) is 0 Å². The minimum Gasteiger partial charge on any atom is -0.497 e. The lowest BCUT2D eigenvalue weighted by Gasteiger charge is -2.36. The molecule has 152 valence electrons. The van der Waals surface area contributed by atoms with Gasteiger partial charge in [0.25, 0.3) is 5.91 Å². The average Bonchev–Trinajstić information content (AvgIpc) is 2.69. The third-order valence-corrected chi connectivity index (χ3v) is 6.45. The van der Waals surface area contributed by atoms with Crippen LogP contribution in [0.4, 0.5) is 0 Å². The van der Waals surface area contributed by atoms with Crippen molar-refractivity contribution in [2.75, 3.05) is 27.8 Å². The maximum Gasteiger partial charge on any atom is 0.345 e. The first-order valence-corrected chi connectivity index (χ1v) is 10.5. The van der Waals surface area contributed by atoms with E-state index in [2.05, 4.69) is 4.40 Å². The average molecular weight is 407 g/mol. The van der Waals surface area contributed by atoms with E-state index in [1.165, 1.54) is 27.3 Å². The van der Waals surface area contributed by atoms with Gasteiger partial charge in [0.05, 0.1) is 19.9 Å². The van der Waals surface area contributed by atoms with Gasteiger partial charge < -0.3 is 14.4 Å². The molecular formula is C19H25N3O5S. The summed E-state index contributed by atoms with van der Waals surface area (Å²) in [6.07, 6.45) is 4.37. The molecule has 1 aromatic rings. The number of ether oxygens (including phenoxy) is 2. The molecule has 0 radical (unpaired) electrons. The highest BCUT2D eigenvalue weighted by molar-refractivity contribution is 7.88. The molecule has 9 heteroatoms. The molecule has 0 saturated carbocycles. The Morgan fingerprint density at radius 3 is 2.61 bits per heavy atom. The van der Waals surface area contributed by atoms with E-state index in [-0.39, 0.29) is 23.4 Å². The lowest BCUT2D eigenvalue weighted by molar-refractivity contribution is -0.131. The zero-order valence-corrected chi connectivity index (χ0v) is 17.3. The molecule has 2 heterocycles. The Kier molecular flexibility index (Phi) is 5.64. The largest absolute Gasteiger partial charge is 0.497 e. The van der Waals surface area contributed by atoms with Gasteiger partial charge in [-0.1, -0.05) is 0 Å². The van der Waals surface area contributed by atoms with E-state index in [1.807, 2.05) is 6.92 Å². The van der Waals surface area contributed by atoms with Gasteiger partial charge >= 0.3 is 10.2 Å². The van der Waals surface area contributed by atoms with Crippen LogP contribution < -0.4 is 9.47 Å². The van der Waals surface area contributed by atoms with E-state index in [1.54, 1.807) is 23.1 Å². The Morgan fingerprint density at radius 2 is 1.96 bits per heavy atom. The summed E-state index contributed by atoms with van der Waals surface area (Å²) in [5, 5.41) is 0. The fraction of sp³-hybridized carbons (Fsp3) is 0.474. The summed E-state index contributed by atoms with van der Waals surface area (Å²) in [4.78, 5) is 14.9. The van der Waals surface area contributed by atoms with Gasteiger partial charge in [-0.05, 0) is 50.5 Å². The van der Waals surface area contributed by atoms with Crippen LogP contribution in [0.2, 0.25) is 0 Å². The van der Waals surface area contributed by atoms with Crippen molar-refractivity contribution in [2.24, 2.45) is 4.40 Å². The number of piperidine rings is 1. The second-order valence-electron chi connectivity index (χ2n) is 6.86. The second kappa shape index (κ2) is 7.83. The molecule has 1 amide bonds. The van der Waals surface area contributed by atoms with Crippen molar-refractivity contribution in [1.82, 2.24) is 9.21 Å². The molecule has 1 atom stereocenters. The van der Waals surface area contributed by atoms with Crippen LogP contribution in [0, 0.1) is 0 Å². The van der Waals surface area contributed by atoms with Crippen LogP contribution in [0.5, 0.6) is 11.5 Å². The molecule has 3 rings (SSSR count). The molecule has 1 saturated heterocycles. The zero-order valence-electron chi connectivity index (χ0n) is 16.5. The monoisotopic (exact) mass is 407 g/mol. The number of hydrogen-bond donors (Lipinski definition) is 0. The summed E-state index contributed by atoms with van der Waals surface area (Å²) in [6, 6.07) is 5.08. The van der Waals surface area contributed by atoms with E-state index in [9.17, 15) is 13.2 Å². The number of methoxy groups -OCH3 is 2. The molecule has 0 aliphatic carbocycles. The smallest absolute Gasteiger partial charge is 0.345 e. The Morgan fingerprint density at radius 1 is 1.21 bits per heavy atom. The number of carbonyl (C=O) groups excluding carboxylic acids is 1. The maximum atomic E-state index is 13.2. The van der Waals surface area contributed by atoms with Gasteiger partial charge in [0.2, 0.25) is 0 Å². The van der Waals surface area contributed by atoms with Gasteiger partial charge in [0.15, 0.2) is 0 Å². The van der Waals surface area contributed by atoms with Crippen molar-refractivity contribution >= 4 is 21.8 Å². The Labute approximate surface area is 165 Å². The van der Waals surface area contributed by atoms with E-state index >= 15 is 0 Å². The first-order chi connectivity index (χ1) is 13.3. The summed E-state index contributed by atoms with van der Waals surface area (Å²) in [5.74, 6) is 0.655. The third-order valence-electron chi connectivity index (χ3n) is 5.14. The van der Waals surface area contributed by atoms with Crippen LogP contribution in [0.25, 0.3) is 0 Å². The predicted octanol–water partition coefficient (Wildman–Crippen LogP) is 1.97. The molecule has 2 aliphatic heterocycles. The lowest BCUT2D eigenvalue weighted by Crippen LogP contribution is -2.46. The van der Waals surface area contributed by atoms with Crippen molar-refractivity contribution < 1.29 is 22.7 Å². The van der Waals surface area contributed by atoms with E-state index < -0.39 is 10.2 Å². The summed E-state index contributed by atoms with van der Waals surface area (Å²) in [6.45, 7) is 2.59. The zero-order chi connectivity index (χ0) is 20.5. The number of likely N-dealkylation sites (N-methyl/N-ethyl adjacent to an activating group) is 1. The third kappa shape index (κ3) is 3.71. The Bertz CT molecular complexity index is 939. The van der Waals surface area contributed by atoms with Gasteiger partial charge in [0.1, 0.15) is 17.2 Å². The van der Waals surface area contributed by atoms with Gasteiger partial charge in [0, 0.05) is 25.2 Å². The summed E-state index contributed by atoms with van der Waals surface area (Å²) < 4.78 is 40.7. The van der Waals surface area contributed by atoms with Crippen molar-refractivity contribution in [3.05, 3.63) is 35.5 Å². The van der Waals surface area contributed by atoms with Crippen LogP contribution in [0.1, 0.15) is 31.7 Å². The molecular weight excluding hydrogens is 382 g/mol. The number of carbonyl (C=O) groups is 1. The van der Waals surface area contributed by atoms with Crippen LogP contribution in [-0.2, 0) is 15.0 Å². The molecule has 0 bridgehead atoms. The first kappa shape index (κ1) is 20.2. The number of amides is 1. The molecule has 0 N–H and O–H groups in total. The van der Waals surface area contributed by atoms with Crippen LogP contribution in [0.3, 0.4) is 0 Å². The molecule has 28 heavy (non-hydrogen) atoms. The highest BCUT2D eigenvalue weighted by atomic mass is 32.2. The van der Waals surface area contributed by atoms with Gasteiger partial charge in [-0.15, -0.1) is 4.40 Å². The van der Waals surface area contributed by atoms with E-state index in [4.69, 9.17) is 9.47 Å². The Balaban J connectivity index is 2.08. The summed E-state index contributed by atoms with van der Waals surface area (Å²) >= 11 is 0. The van der Waals surface area contributed by atoms with E-state index in [0.717, 1.165) is 23.6 Å². The fourth-order valence-electron chi connectivity index (χ4n) is 3.44. The highest BCUT2D eigenvalue weighted by Gasteiger charge is 2.35. The Hall–Kier alpha value is -2.55. The maximum absolute atomic E-state index is 13.2. The number of benzene rings is 1. The number of allylic oxidation sites excluding steroid dienone is 1. The summed E-state index contributed by atoms with van der Waals surface area (Å²) in [5.41, 5.74) is 0.654. The van der Waals surface area contributed by atoms with Crippen LogP contribution in [-0.4, -0.2) is 63.1 Å². The SMILES string of the molecule is COc1ccc(OC)c(C2=NS(=O)(=O)N(C)C(C(=O)N3CCCCC3C)=C2)c1. The summed E-state index contributed by atoms with van der Waals surface area (Å²) in [7, 11) is 0.301. The molecule has 1 fully saturated rings. The molecule has 1 unspecified atom stereocenters. The number of hydrogen-bond acceptors (Lipinski definition) is 5. The molecule has 8 nitrogen and oxygen atoms in total.